The van der Waals surface area contributed by atoms with E-state index in [0.717, 1.165) is 11.4 Å². The fourth-order valence-corrected chi connectivity index (χ4v) is 3.93. The van der Waals surface area contributed by atoms with Crippen molar-refractivity contribution >= 4 is 12.1 Å². The van der Waals surface area contributed by atoms with Gasteiger partial charge in [0.15, 0.2) is 12.6 Å². The van der Waals surface area contributed by atoms with Crippen LogP contribution < -0.4 is 4.74 Å². The summed E-state index contributed by atoms with van der Waals surface area (Å²) in [5.41, 5.74) is 2.65. The van der Waals surface area contributed by atoms with Gasteiger partial charge in [0.05, 0.1) is 30.1 Å². The molecule has 174 valence electrons. The largest absolute Gasteiger partial charge is 0.466 e. The second-order valence-electron chi connectivity index (χ2n) is 9.26. The lowest BCUT2D eigenvalue weighted by molar-refractivity contribution is -0.143. The highest BCUT2D eigenvalue weighted by Crippen LogP contribution is 2.41. The van der Waals surface area contributed by atoms with Gasteiger partial charge in [-0.1, -0.05) is 12.1 Å². The predicted octanol–water partition coefficient (Wildman–Crippen LogP) is 3.66. The molecule has 2 heterocycles. The van der Waals surface area contributed by atoms with Crippen LogP contribution in [0.15, 0.2) is 24.3 Å². The topological polar surface area (TPSA) is 107 Å². The molecule has 9 nitrogen and oxygen atoms in total. The number of hydrogen-bond acceptors (Lipinski definition) is 7. The van der Waals surface area contributed by atoms with Gasteiger partial charge >= 0.3 is 12.1 Å². The number of methoxy groups -OCH3 is 1. The molecule has 4 rings (SSSR count). The standard InChI is InChI=1S/C24H28N4O5/c1-24(2,3)33-23(30)27-12-11-18-21(19(27)13-25)22(32-14-20(29)31-4)26-28(18)17-9-7-16(8-10-17)15-5-6-15/h7-10,15,19H,5-6,11-12,14H2,1-4H3. The first-order valence-electron chi connectivity index (χ1n) is 11.0. The number of amides is 1. The summed E-state index contributed by atoms with van der Waals surface area (Å²) in [5.74, 6) is 0.191. The van der Waals surface area contributed by atoms with E-state index < -0.39 is 23.7 Å². The zero-order valence-electron chi connectivity index (χ0n) is 19.3. The molecule has 0 radical (unpaired) electrons. The summed E-state index contributed by atoms with van der Waals surface area (Å²) in [7, 11) is 1.27. The molecule has 2 aromatic rings. The number of ether oxygens (including phenoxy) is 3. The first-order chi connectivity index (χ1) is 15.7. The van der Waals surface area contributed by atoms with E-state index >= 15 is 0 Å². The summed E-state index contributed by atoms with van der Waals surface area (Å²) < 4.78 is 17.6. The molecule has 1 aliphatic heterocycles. The molecule has 1 fully saturated rings. The van der Waals surface area contributed by atoms with Crippen LogP contribution in [0.5, 0.6) is 5.88 Å². The lowest BCUT2D eigenvalue weighted by atomic mass is 9.99. The highest BCUT2D eigenvalue weighted by atomic mass is 16.6. The quantitative estimate of drug-likeness (QED) is 0.637. The van der Waals surface area contributed by atoms with Gasteiger partial charge in [0, 0.05) is 13.0 Å². The van der Waals surface area contributed by atoms with E-state index in [-0.39, 0.29) is 12.5 Å². The van der Waals surface area contributed by atoms with Crippen molar-refractivity contribution in [2.45, 2.75) is 57.6 Å². The number of esters is 1. The van der Waals surface area contributed by atoms with Crippen molar-refractivity contribution in [1.82, 2.24) is 14.7 Å². The van der Waals surface area contributed by atoms with Gasteiger partial charge in [-0.05, 0) is 57.2 Å². The van der Waals surface area contributed by atoms with Crippen LogP contribution in [0.2, 0.25) is 0 Å². The molecule has 0 spiro atoms. The third-order valence-corrected chi connectivity index (χ3v) is 5.65. The number of carbonyl (C=O) groups is 2. The molecule has 9 heteroatoms. The molecular weight excluding hydrogens is 424 g/mol. The van der Waals surface area contributed by atoms with E-state index in [4.69, 9.17) is 9.47 Å². The molecule has 0 bridgehead atoms. The van der Waals surface area contributed by atoms with Crippen LogP contribution in [0.1, 0.15) is 62.4 Å². The zero-order valence-corrected chi connectivity index (χ0v) is 19.3. The molecule has 0 N–H and O–H groups in total. The second-order valence-corrected chi connectivity index (χ2v) is 9.26. The summed E-state index contributed by atoms with van der Waals surface area (Å²) in [6.45, 7) is 5.26. The van der Waals surface area contributed by atoms with Crippen molar-refractivity contribution in [1.29, 1.82) is 5.26 Å². The van der Waals surface area contributed by atoms with Gasteiger partial charge in [-0.25, -0.2) is 14.3 Å². The molecule has 1 aromatic heterocycles. The fourth-order valence-electron chi connectivity index (χ4n) is 3.93. The van der Waals surface area contributed by atoms with E-state index in [9.17, 15) is 14.9 Å². The molecule has 0 saturated heterocycles. The fraction of sp³-hybridized carbons (Fsp3) is 0.500. The van der Waals surface area contributed by atoms with Gasteiger partial charge in [0.1, 0.15) is 5.60 Å². The molecule has 1 atom stereocenters. The third-order valence-electron chi connectivity index (χ3n) is 5.65. The number of nitrogens with zero attached hydrogens (tertiary/aromatic N) is 4. The molecule has 1 saturated carbocycles. The molecule has 1 aliphatic carbocycles. The Balaban J connectivity index is 1.72. The van der Waals surface area contributed by atoms with E-state index in [2.05, 4.69) is 28.0 Å². The smallest absolute Gasteiger partial charge is 0.411 e. The molecule has 1 aromatic carbocycles. The Bertz CT molecular complexity index is 1090. The maximum Gasteiger partial charge on any atom is 0.411 e. The Hall–Kier alpha value is -3.54. The monoisotopic (exact) mass is 452 g/mol. The number of fused-ring (bicyclic) bond motifs is 1. The van der Waals surface area contributed by atoms with Gasteiger partial charge in [0.2, 0.25) is 5.88 Å². The third kappa shape index (κ3) is 4.80. The normalized spacial score (nSPS) is 17.7. The van der Waals surface area contributed by atoms with Crippen LogP contribution in [-0.4, -0.2) is 52.6 Å². The molecule has 2 aliphatic rings. The van der Waals surface area contributed by atoms with E-state index in [1.165, 1.54) is 30.4 Å². The number of aromatic nitrogens is 2. The minimum Gasteiger partial charge on any atom is -0.466 e. The molecule has 1 amide bonds. The maximum absolute atomic E-state index is 12.8. The molecule has 1 unspecified atom stereocenters. The average molecular weight is 453 g/mol. The van der Waals surface area contributed by atoms with Gasteiger partial charge in [-0.2, -0.15) is 5.26 Å². The van der Waals surface area contributed by atoms with Crippen LogP contribution in [0, 0.1) is 11.3 Å². The Labute approximate surface area is 192 Å². The van der Waals surface area contributed by atoms with Crippen molar-refractivity contribution in [3.05, 3.63) is 41.1 Å². The SMILES string of the molecule is COC(=O)COc1nn(-c2ccc(C3CC3)cc2)c2c1C(C#N)N(C(=O)OC(C)(C)C)CC2. The number of nitriles is 1. The van der Waals surface area contributed by atoms with Gasteiger partial charge < -0.3 is 14.2 Å². The number of hydrogen-bond donors (Lipinski definition) is 0. The zero-order chi connectivity index (χ0) is 23.8. The van der Waals surface area contributed by atoms with Crippen molar-refractivity contribution < 1.29 is 23.8 Å². The van der Waals surface area contributed by atoms with Crippen molar-refractivity contribution in [2.75, 3.05) is 20.3 Å². The van der Waals surface area contributed by atoms with Crippen LogP contribution in [-0.2, 0) is 20.7 Å². The van der Waals surface area contributed by atoms with Crippen LogP contribution in [0.4, 0.5) is 4.79 Å². The Morgan fingerprint density at radius 3 is 2.48 bits per heavy atom. The van der Waals surface area contributed by atoms with E-state index in [0.29, 0.717) is 24.4 Å². The van der Waals surface area contributed by atoms with E-state index in [1.807, 2.05) is 12.1 Å². The number of carbonyl (C=O) groups excluding carboxylic acids is 2. The Morgan fingerprint density at radius 1 is 1.21 bits per heavy atom. The lowest BCUT2D eigenvalue weighted by Crippen LogP contribution is -2.42. The molecule has 33 heavy (non-hydrogen) atoms. The summed E-state index contributed by atoms with van der Waals surface area (Å²) in [5, 5.41) is 14.6. The minimum atomic E-state index is -0.962. The molecular formula is C24H28N4O5. The number of rotatable bonds is 5. The van der Waals surface area contributed by atoms with Gasteiger partial charge in [0.25, 0.3) is 0 Å². The Kier molecular flexibility index (Phi) is 6.02. The second kappa shape index (κ2) is 8.77. The summed E-state index contributed by atoms with van der Waals surface area (Å²) in [4.78, 5) is 25.9. The summed E-state index contributed by atoms with van der Waals surface area (Å²) in [6, 6.07) is 9.40. The highest BCUT2D eigenvalue weighted by Gasteiger charge is 2.39. The lowest BCUT2D eigenvalue weighted by Gasteiger charge is -2.33. The van der Waals surface area contributed by atoms with Crippen molar-refractivity contribution in [3.8, 4) is 17.6 Å². The van der Waals surface area contributed by atoms with Gasteiger partial charge in [-0.3, -0.25) is 4.90 Å². The first kappa shape index (κ1) is 22.6. The predicted molar refractivity (Wildman–Crippen MR) is 118 cm³/mol. The van der Waals surface area contributed by atoms with E-state index in [1.54, 1.807) is 25.5 Å². The van der Waals surface area contributed by atoms with Crippen LogP contribution in [0.3, 0.4) is 0 Å². The van der Waals surface area contributed by atoms with Crippen molar-refractivity contribution in [2.24, 2.45) is 0 Å². The van der Waals surface area contributed by atoms with Gasteiger partial charge in [-0.15, -0.1) is 5.10 Å². The summed E-state index contributed by atoms with van der Waals surface area (Å²) >= 11 is 0. The number of benzene rings is 1. The first-order valence-corrected chi connectivity index (χ1v) is 11.0. The van der Waals surface area contributed by atoms with Crippen LogP contribution >= 0.6 is 0 Å². The maximum atomic E-state index is 12.8. The summed E-state index contributed by atoms with van der Waals surface area (Å²) in [6.07, 6.45) is 2.30. The average Bonchev–Trinajstić information content (AvgIpc) is 3.57. The van der Waals surface area contributed by atoms with Crippen molar-refractivity contribution in [3.63, 3.8) is 0 Å². The minimum absolute atomic E-state index is 0.126. The Morgan fingerprint density at radius 2 is 1.91 bits per heavy atom. The highest BCUT2D eigenvalue weighted by molar-refractivity contribution is 5.72. The van der Waals surface area contributed by atoms with Crippen LogP contribution in [0.25, 0.3) is 5.69 Å².